The number of fused-ring (bicyclic) bond motifs is 2. The lowest BCUT2D eigenvalue weighted by Gasteiger charge is -2.32. The van der Waals surface area contributed by atoms with Gasteiger partial charge in [0.15, 0.2) is 0 Å². The van der Waals surface area contributed by atoms with Crippen molar-refractivity contribution >= 4 is 28.8 Å². The van der Waals surface area contributed by atoms with Crippen molar-refractivity contribution in [3.05, 3.63) is 36.4 Å². The third kappa shape index (κ3) is 4.93. The molecule has 0 saturated carbocycles. The number of carbonyl (C=O) groups is 3. The molecule has 2 aliphatic rings. The van der Waals surface area contributed by atoms with Gasteiger partial charge in [-0.2, -0.15) is 0 Å². The molecule has 1 aromatic heterocycles. The molecule has 2 amide bonds. The fourth-order valence-electron chi connectivity index (χ4n) is 5.29. The van der Waals surface area contributed by atoms with E-state index in [2.05, 4.69) is 15.6 Å². The van der Waals surface area contributed by atoms with Crippen molar-refractivity contribution in [2.24, 2.45) is 23.7 Å². The van der Waals surface area contributed by atoms with E-state index >= 15 is 0 Å². The van der Waals surface area contributed by atoms with Gasteiger partial charge in [0, 0.05) is 19.1 Å². The highest BCUT2D eigenvalue weighted by Crippen LogP contribution is 2.44. The van der Waals surface area contributed by atoms with E-state index in [0.717, 1.165) is 17.5 Å². The molecule has 5 atom stereocenters. The smallest absolute Gasteiger partial charge is 0.310 e. The monoisotopic (exact) mass is 483 g/mol. The number of likely N-dealkylation sites (tertiary alicyclic amines) is 1. The van der Waals surface area contributed by atoms with E-state index in [1.165, 1.54) is 0 Å². The number of esters is 1. The Hall–Kier alpha value is -3.27. The number of hydrogen-bond donors (Lipinski definition) is 2. The first-order valence-corrected chi connectivity index (χ1v) is 12.3. The molecule has 0 unspecified atom stereocenters. The van der Waals surface area contributed by atoms with Gasteiger partial charge in [0.1, 0.15) is 18.2 Å². The van der Waals surface area contributed by atoms with E-state index in [4.69, 9.17) is 9.84 Å². The first kappa shape index (κ1) is 24.8. The fourth-order valence-corrected chi connectivity index (χ4v) is 5.29. The van der Waals surface area contributed by atoms with E-state index in [1.807, 2.05) is 43.3 Å². The molecule has 1 aliphatic heterocycles. The fraction of sp³-hybridized carbons (Fsp3) is 0.560. The van der Waals surface area contributed by atoms with Crippen LogP contribution in [0.1, 0.15) is 33.1 Å². The maximum atomic E-state index is 13.6. The second-order valence-corrected chi connectivity index (χ2v) is 9.16. The molecule has 188 valence electrons. The Labute approximate surface area is 204 Å². The van der Waals surface area contributed by atoms with Crippen molar-refractivity contribution in [3.63, 3.8) is 0 Å². The zero-order valence-corrected chi connectivity index (χ0v) is 20.2. The van der Waals surface area contributed by atoms with Crippen molar-refractivity contribution < 1.29 is 24.2 Å². The van der Waals surface area contributed by atoms with Crippen LogP contribution < -0.4 is 5.32 Å². The van der Waals surface area contributed by atoms with Gasteiger partial charge < -0.3 is 20.1 Å². The molecule has 4 rings (SSSR count). The van der Waals surface area contributed by atoms with Crippen LogP contribution in [0.2, 0.25) is 0 Å². The van der Waals surface area contributed by atoms with E-state index in [1.54, 1.807) is 16.5 Å². The van der Waals surface area contributed by atoms with Crippen LogP contribution in [0.25, 0.3) is 11.0 Å². The summed E-state index contributed by atoms with van der Waals surface area (Å²) in [5, 5.41) is 20.3. The first-order chi connectivity index (χ1) is 17.0. The number of nitrogens with one attached hydrogen (secondary N) is 1. The van der Waals surface area contributed by atoms with Crippen molar-refractivity contribution in [1.29, 1.82) is 0 Å². The second kappa shape index (κ2) is 11.0. The maximum absolute atomic E-state index is 13.6. The van der Waals surface area contributed by atoms with Crippen molar-refractivity contribution in [2.75, 3.05) is 19.8 Å². The number of amides is 2. The average Bonchev–Trinajstić information content (AvgIpc) is 3.39. The summed E-state index contributed by atoms with van der Waals surface area (Å²) in [5.41, 5.74) is 1.52. The van der Waals surface area contributed by atoms with Gasteiger partial charge in [-0.05, 0) is 44.2 Å². The summed E-state index contributed by atoms with van der Waals surface area (Å²) >= 11 is 0. The summed E-state index contributed by atoms with van der Waals surface area (Å²) in [7, 11) is 0. The number of ether oxygens (including phenoxy) is 1. The first-order valence-electron chi connectivity index (χ1n) is 12.3. The molecular weight excluding hydrogens is 450 g/mol. The number of hydrogen-bond acceptors (Lipinski definition) is 7. The molecule has 1 aromatic carbocycles. The van der Waals surface area contributed by atoms with Crippen molar-refractivity contribution in [1.82, 2.24) is 25.2 Å². The Balaban J connectivity index is 1.57. The maximum Gasteiger partial charge on any atom is 0.310 e. The van der Waals surface area contributed by atoms with Gasteiger partial charge in [-0.1, -0.05) is 36.4 Å². The minimum atomic E-state index is -0.739. The number of carbonyl (C=O) groups excluding carboxylic acids is 3. The van der Waals surface area contributed by atoms with Crippen molar-refractivity contribution in [2.45, 2.75) is 45.8 Å². The number of aromatic nitrogens is 3. The molecule has 2 heterocycles. The highest BCUT2D eigenvalue weighted by Gasteiger charge is 2.56. The van der Waals surface area contributed by atoms with Crippen molar-refractivity contribution in [3.8, 4) is 0 Å². The molecule has 0 radical (unpaired) electrons. The lowest BCUT2D eigenvalue weighted by molar-refractivity contribution is -0.155. The summed E-state index contributed by atoms with van der Waals surface area (Å²) in [6.07, 6.45) is 5.85. The molecule has 2 N–H and O–H groups in total. The normalized spacial score (nSPS) is 25.6. The van der Waals surface area contributed by atoms with E-state index in [-0.39, 0.29) is 37.6 Å². The number of aliphatic hydroxyl groups is 1. The molecule has 0 bridgehead atoms. The van der Waals surface area contributed by atoms with Crippen LogP contribution in [0.4, 0.5) is 0 Å². The van der Waals surface area contributed by atoms with Gasteiger partial charge in [0.25, 0.3) is 0 Å². The number of rotatable bonds is 10. The minimum absolute atomic E-state index is 0.0835. The van der Waals surface area contributed by atoms with Crippen LogP contribution in [-0.2, 0) is 25.8 Å². The number of benzene rings is 1. The predicted octanol–water partition coefficient (Wildman–Crippen LogP) is 1.50. The van der Waals surface area contributed by atoms with Crippen LogP contribution >= 0.6 is 0 Å². The highest BCUT2D eigenvalue weighted by molar-refractivity contribution is 5.96. The Morgan fingerprint density at radius 1 is 1.17 bits per heavy atom. The molecule has 1 saturated heterocycles. The van der Waals surface area contributed by atoms with Crippen LogP contribution in [0.3, 0.4) is 0 Å². The van der Waals surface area contributed by atoms with E-state index < -0.39 is 29.8 Å². The molecule has 10 heteroatoms. The number of unbranched alkanes of at least 4 members (excludes halogenated alkanes) is 2. The van der Waals surface area contributed by atoms with Crippen LogP contribution in [0, 0.1) is 23.7 Å². The molecule has 2 aromatic rings. The topological polar surface area (TPSA) is 127 Å². The number of allylic oxidation sites excluding steroid dienone is 1. The molecule has 10 nitrogen and oxygen atoms in total. The number of para-hydroxylation sites is 1. The van der Waals surface area contributed by atoms with Gasteiger partial charge in [-0.3, -0.25) is 14.4 Å². The summed E-state index contributed by atoms with van der Waals surface area (Å²) < 4.78 is 6.90. The molecule has 1 aliphatic carbocycles. The Morgan fingerprint density at radius 2 is 1.97 bits per heavy atom. The molecule has 0 spiro atoms. The largest absolute Gasteiger partial charge is 0.466 e. The van der Waals surface area contributed by atoms with Gasteiger partial charge in [0.05, 0.1) is 24.0 Å². The standard InChI is InChI=1S/C25H33N5O5/c1-3-35-25(34)20-16(2)11-12-17-21(20)24(33)29(13-7-4-8-14-31)22(17)23(32)26-15-30-19-10-6-5-9-18(19)27-28-30/h5-6,9-12,16-17,20-22,31H,3-4,7-8,13-15H2,1-2H3,(H,26,32)/t16-,17+,20-,21-,22+/m1/s1. The highest BCUT2D eigenvalue weighted by atomic mass is 16.5. The Kier molecular flexibility index (Phi) is 7.80. The van der Waals surface area contributed by atoms with E-state index in [9.17, 15) is 14.4 Å². The quantitative estimate of drug-likeness (QED) is 0.298. The molecular formula is C25H33N5O5. The summed E-state index contributed by atoms with van der Waals surface area (Å²) in [6.45, 7) is 4.45. The van der Waals surface area contributed by atoms with Gasteiger partial charge >= 0.3 is 5.97 Å². The number of nitrogens with zero attached hydrogens (tertiary/aromatic N) is 4. The minimum Gasteiger partial charge on any atom is -0.466 e. The zero-order chi connectivity index (χ0) is 24.9. The lowest BCUT2D eigenvalue weighted by Crippen LogP contribution is -2.48. The van der Waals surface area contributed by atoms with Crippen LogP contribution in [0.15, 0.2) is 36.4 Å². The van der Waals surface area contributed by atoms with E-state index in [0.29, 0.717) is 19.4 Å². The molecule has 35 heavy (non-hydrogen) atoms. The summed E-state index contributed by atoms with van der Waals surface area (Å²) in [4.78, 5) is 41.5. The SMILES string of the molecule is CCOC(=O)[C@H]1[C@@H]2C(=O)N(CCCCCO)[C@H](C(=O)NCn3nnc4ccccc43)[C@H]2C=C[C@H]1C. The summed E-state index contributed by atoms with van der Waals surface area (Å²) in [5.74, 6) is -2.77. The van der Waals surface area contributed by atoms with Crippen LogP contribution in [0.5, 0.6) is 0 Å². The number of aliphatic hydroxyl groups excluding tert-OH is 1. The third-order valence-corrected chi connectivity index (χ3v) is 6.98. The second-order valence-electron chi connectivity index (χ2n) is 9.16. The third-order valence-electron chi connectivity index (χ3n) is 6.98. The van der Waals surface area contributed by atoms with Crippen LogP contribution in [-0.4, -0.2) is 68.6 Å². The van der Waals surface area contributed by atoms with Gasteiger partial charge in [-0.15, -0.1) is 5.10 Å². The Morgan fingerprint density at radius 3 is 2.74 bits per heavy atom. The average molecular weight is 484 g/mol. The Bertz CT molecular complexity index is 1100. The van der Waals surface area contributed by atoms with Gasteiger partial charge in [0.2, 0.25) is 11.8 Å². The molecule has 1 fully saturated rings. The summed E-state index contributed by atoms with van der Waals surface area (Å²) in [6, 6.07) is 6.73. The predicted molar refractivity (Wildman–Crippen MR) is 128 cm³/mol. The lowest BCUT2D eigenvalue weighted by atomic mass is 9.70. The zero-order valence-electron chi connectivity index (χ0n) is 20.2. The van der Waals surface area contributed by atoms with Gasteiger partial charge in [-0.25, -0.2) is 4.68 Å².